The zero-order valence-corrected chi connectivity index (χ0v) is 13.4. The lowest BCUT2D eigenvalue weighted by atomic mass is 10.1. The molecule has 0 bridgehead atoms. The number of hydrogen-bond donors (Lipinski definition) is 1. The molecule has 6 heteroatoms. The zero-order valence-electron chi connectivity index (χ0n) is 12.6. The summed E-state index contributed by atoms with van der Waals surface area (Å²) in [6.45, 7) is 6.29. The molecular weight excluding hydrogens is 315 g/mol. The third kappa shape index (κ3) is 4.52. The Hall–Kier alpha value is -1.46. The van der Waals surface area contributed by atoms with E-state index in [4.69, 9.17) is 4.42 Å². The fourth-order valence-corrected chi connectivity index (χ4v) is 2.27. The maximum absolute atomic E-state index is 12.5. The van der Waals surface area contributed by atoms with E-state index in [1.165, 1.54) is 12.1 Å². The van der Waals surface area contributed by atoms with E-state index < -0.39 is 11.7 Å². The number of rotatable bonds is 4. The number of alkyl halides is 3. The van der Waals surface area contributed by atoms with Gasteiger partial charge in [-0.2, -0.15) is 13.2 Å². The fraction of sp³-hybridized carbons (Fsp3) is 0.375. The number of halogens is 4. The molecule has 0 aliphatic heterocycles. The van der Waals surface area contributed by atoms with Crippen LogP contribution in [0.2, 0.25) is 0 Å². The van der Waals surface area contributed by atoms with Gasteiger partial charge in [-0.15, -0.1) is 12.4 Å². The highest BCUT2D eigenvalue weighted by Gasteiger charge is 2.29. The summed E-state index contributed by atoms with van der Waals surface area (Å²) >= 11 is 0. The molecule has 0 aliphatic rings. The van der Waals surface area contributed by atoms with Crippen LogP contribution in [0.4, 0.5) is 13.2 Å². The van der Waals surface area contributed by atoms with Gasteiger partial charge in [0.15, 0.2) is 0 Å². The summed E-state index contributed by atoms with van der Waals surface area (Å²) in [7, 11) is 0. The summed E-state index contributed by atoms with van der Waals surface area (Å²) in [6, 6.07) is 7.25. The first-order valence-corrected chi connectivity index (χ1v) is 6.74. The van der Waals surface area contributed by atoms with Crippen molar-refractivity contribution in [2.24, 2.45) is 0 Å². The Morgan fingerprint density at radius 2 is 1.73 bits per heavy atom. The van der Waals surface area contributed by atoms with Gasteiger partial charge in [-0.1, -0.05) is 12.1 Å². The highest BCUT2D eigenvalue weighted by molar-refractivity contribution is 5.85. The molecule has 1 aromatic heterocycles. The molecule has 22 heavy (non-hydrogen) atoms. The van der Waals surface area contributed by atoms with E-state index in [0.717, 1.165) is 34.8 Å². The van der Waals surface area contributed by atoms with Crippen LogP contribution in [0.15, 0.2) is 34.7 Å². The molecule has 1 unspecified atom stereocenters. The van der Waals surface area contributed by atoms with Crippen LogP contribution in [0.5, 0.6) is 0 Å². The lowest BCUT2D eigenvalue weighted by Crippen LogP contribution is -2.18. The zero-order chi connectivity index (χ0) is 15.6. The van der Waals surface area contributed by atoms with E-state index in [1.54, 1.807) is 0 Å². The van der Waals surface area contributed by atoms with E-state index >= 15 is 0 Å². The standard InChI is InChI=1S/C16H18F3NO.ClH/c1-10-8-15(12(3)21-10)11(2)20-9-13-4-6-14(7-5-13)16(17,18)19;/h4-8,11,20H,9H2,1-3H3;1H. The van der Waals surface area contributed by atoms with Crippen LogP contribution < -0.4 is 5.32 Å². The Kier molecular flexibility index (Phi) is 6.08. The van der Waals surface area contributed by atoms with E-state index in [1.807, 2.05) is 26.8 Å². The molecule has 2 aromatic rings. The predicted molar refractivity (Wildman–Crippen MR) is 82.1 cm³/mol. The molecule has 0 fully saturated rings. The molecule has 1 heterocycles. The molecule has 0 amide bonds. The second-order valence-electron chi connectivity index (χ2n) is 5.17. The monoisotopic (exact) mass is 333 g/mol. The average Bonchev–Trinajstić information content (AvgIpc) is 2.74. The fourth-order valence-electron chi connectivity index (χ4n) is 2.27. The lowest BCUT2D eigenvalue weighted by Gasteiger charge is -2.14. The van der Waals surface area contributed by atoms with Gasteiger partial charge >= 0.3 is 6.18 Å². The van der Waals surface area contributed by atoms with Crippen molar-refractivity contribution in [1.29, 1.82) is 0 Å². The SMILES string of the molecule is Cc1cc(C(C)NCc2ccc(C(F)(F)F)cc2)c(C)o1.Cl. The minimum Gasteiger partial charge on any atom is -0.466 e. The summed E-state index contributed by atoms with van der Waals surface area (Å²) in [5.74, 6) is 1.71. The van der Waals surface area contributed by atoms with Crippen molar-refractivity contribution in [3.05, 3.63) is 58.5 Å². The Balaban J connectivity index is 0.00000242. The second kappa shape index (κ2) is 7.20. The molecule has 0 saturated carbocycles. The Morgan fingerprint density at radius 3 is 2.18 bits per heavy atom. The summed E-state index contributed by atoms with van der Waals surface area (Å²) in [4.78, 5) is 0. The van der Waals surface area contributed by atoms with Crippen molar-refractivity contribution < 1.29 is 17.6 Å². The van der Waals surface area contributed by atoms with E-state index in [0.29, 0.717) is 6.54 Å². The highest BCUT2D eigenvalue weighted by Crippen LogP contribution is 2.29. The molecule has 0 spiro atoms. The minimum absolute atomic E-state index is 0. The molecule has 0 radical (unpaired) electrons. The summed E-state index contributed by atoms with van der Waals surface area (Å²) in [5, 5.41) is 3.29. The van der Waals surface area contributed by atoms with Crippen molar-refractivity contribution in [1.82, 2.24) is 5.32 Å². The largest absolute Gasteiger partial charge is 0.466 e. The van der Waals surface area contributed by atoms with Gasteiger partial charge in [-0.25, -0.2) is 0 Å². The summed E-state index contributed by atoms with van der Waals surface area (Å²) < 4.78 is 42.9. The van der Waals surface area contributed by atoms with Gasteiger partial charge in [0.2, 0.25) is 0 Å². The van der Waals surface area contributed by atoms with Crippen molar-refractivity contribution >= 4 is 12.4 Å². The van der Waals surface area contributed by atoms with Gasteiger partial charge in [0, 0.05) is 18.2 Å². The third-order valence-electron chi connectivity index (χ3n) is 3.44. The molecule has 2 nitrogen and oxygen atoms in total. The average molecular weight is 334 g/mol. The van der Waals surface area contributed by atoms with Crippen molar-refractivity contribution in [2.45, 2.75) is 39.5 Å². The van der Waals surface area contributed by atoms with Crippen molar-refractivity contribution in [2.75, 3.05) is 0 Å². The first-order chi connectivity index (χ1) is 9.77. The Labute approximate surface area is 134 Å². The van der Waals surface area contributed by atoms with Gasteiger partial charge < -0.3 is 9.73 Å². The lowest BCUT2D eigenvalue weighted by molar-refractivity contribution is -0.137. The number of hydrogen-bond acceptors (Lipinski definition) is 2. The molecule has 1 atom stereocenters. The second-order valence-corrected chi connectivity index (χ2v) is 5.17. The van der Waals surface area contributed by atoms with Crippen LogP contribution in [-0.2, 0) is 12.7 Å². The first-order valence-electron chi connectivity index (χ1n) is 6.74. The first kappa shape index (κ1) is 18.6. The van der Waals surface area contributed by atoms with E-state index in [2.05, 4.69) is 5.32 Å². The van der Waals surface area contributed by atoms with E-state index in [-0.39, 0.29) is 18.4 Å². The van der Waals surface area contributed by atoms with Crippen LogP contribution in [0.25, 0.3) is 0 Å². The van der Waals surface area contributed by atoms with Crippen molar-refractivity contribution in [3.63, 3.8) is 0 Å². The molecule has 2 rings (SSSR count). The van der Waals surface area contributed by atoms with Crippen LogP contribution in [0, 0.1) is 13.8 Å². The van der Waals surface area contributed by atoms with Gasteiger partial charge in [-0.3, -0.25) is 0 Å². The van der Waals surface area contributed by atoms with Crippen LogP contribution in [0.3, 0.4) is 0 Å². The van der Waals surface area contributed by atoms with Gasteiger partial charge in [-0.05, 0) is 44.5 Å². The van der Waals surface area contributed by atoms with Crippen LogP contribution in [0.1, 0.15) is 41.2 Å². The molecular formula is C16H19ClF3NO. The van der Waals surface area contributed by atoms with Gasteiger partial charge in [0.1, 0.15) is 11.5 Å². The predicted octanol–water partition coefficient (Wildman–Crippen LogP) is 5.19. The number of nitrogens with one attached hydrogen (secondary N) is 1. The number of aryl methyl sites for hydroxylation is 2. The van der Waals surface area contributed by atoms with Crippen molar-refractivity contribution in [3.8, 4) is 0 Å². The quantitative estimate of drug-likeness (QED) is 0.833. The maximum Gasteiger partial charge on any atom is 0.416 e. The third-order valence-corrected chi connectivity index (χ3v) is 3.44. The molecule has 0 aliphatic carbocycles. The van der Waals surface area contributed by atoms with Gasteiger partial charge in [0.05, 0.1) is 5.56 Å². The van der Waals surface area contributed by atoms with E-state index in [9.17, 15) is 13.2 Å². The highest BCUT2D eigenvalue weighted by atomic mass is 35.5. The number of benzene rings is 1. The summed E-state index contributed by atoms with van der Waals surface area (Å²) in [5.41, 5.74) is 1.26. The Morgan fingerprint density at radius 1 is 1.14 bits per heavy atom. The molecule has 1 N–H and O–H groups in total. The van der Waals surface area contributed by atoms with Crippen LogP contribution >= 0.6 is 12.4 Å². The normalized spacial score (nSPS) is 12.8. The number of furan rings is 1. The van der Waals surface area contributed by atoms with Gasteiger partial charge in [0.25, 0.3) is 0 Å². The molecule has 122 valence electrons. The van der Waals surface area contributed by atoms with Crippen LogP contribution in [-0.4, -0.2) is 0 Å². The Bertz CT molecular complexity index is 605. The maximum atomic E-state index is 12.5. The molecule has 1 aromatic carbocycles. The summed E-state index contributed by atoms with van der Waals surface area (Å²) in [6.07, 6.45) is -4.29. The topological polar surface area (TPSA) is 25.2 Å². The smallest absolute Gasteiger partial charge is 0.416 e. The molecule has 0 saturated heterocycles. The minimum atomic E-state index is -4.29.